The van der Waals surface area contributed by atoms with Crippen LogP contribution in [0.3, 0.4) is 0 Å². The Kier molecular flexibility index (Phi) is 12.4. The second kappa shape index (κ2) is 17.2. The molecule has 0 saturated heterocycles. The number of amides is 1. The van der Waals surface area contributed by atoms with Gasteiger partial charge in [0.25, 0.3) is 5.91 Å². The Morgan fingerprint density at radius 1 is 0.714 bits per heavy atom. The molecule has 42 heavy (non-hydrogen) atoms. The SMILES string of the molecule is NCCOCCOCCNC(=O)c1ccc(Nc2nc(NCCc3ccccc3)nc(NCc3ccncc3)n2)cc1. The molecule has 0 atom stereocenters. The number of nitrogens with two attached hydrogens (primary N) is 1. The molecule has 12 heteroatoms. The molecule has 4 aromatic rings. The highest BCUT2D eigenvalue weighted by molar-refractivity contribution is 5.94. The zero-order valence-corrected chi connectivity index (χ0v) is 23.5. The van der Waals surface area contributed by atoms with Gasteiger partial charge in [0, 0.05) is 49.8 Å². The summed E-state index contributed by atoms with van der Waals surface area (Å²) < 4.78 is 10.7. The summed E-state index contributed by atoms with van der Waals surface area (Å²) in [5, 5.41) is 12.6. The normalized spacial score (nSPS) is 10.7. The Balaban J connectivity index is 1.33. The van der Waals surface area contributed by atoms with Crippen molar-refractivity contribution >= 4 is 29.4 Å². The van der Waals surface area contributed by atoms with E-state index >= 15 is 0 Å². The lowest BCUT2D eigenvalue weighted by Gasteiger charge is -2.12. The number of carbonyl (C=O) groups is 1. The molecule has 2 heterocycles. The lowest BCUT2D eigenvalue weighted by molar-refractivity contribution is 0.0511. The Hall–Kier alpha value is -4.65. The zero-order chi connectivity index (χ0) is 29.2. The molecule has 0 saturated carbocycles. The van der Waals surface area contributed by atoms with Gasteiger partial charge in [-0.2, -0.15) is 15.0 Å². The molecule has 0 radical (unpaired) electrons. The predicted molar refractivity (Wildman–Crippen MR) is 163 cm³/mol. The summed E-state index contributed by atoms with van der Waals surface area (Å²) in [6, 6.07) is 21.2. The molecule has 0 fully saturated rings. The highest BCUT2D eigenvalue weighted by Gasteiger charge is 2.09. The van der Waals surface area contributed by atoms with Crippen LogP contribution in [-0.4, -0.2) is 71.9 Å². The minimum atomic E-state index is -0.183. The van der Waals surface area contributed by atoms with E-state index in [4.69, 9.17) is 15.2 Å². The highest BCUT2D eigenvalue weighted by Crippen LogP contribution is 2.17. The maximum atomic E-state index is 12.5. The first-order valence-electron chi connectivity index (χ1n) is 13.9. The van der Waals surface area contributed by atoms with Crippen molar-refractivity contribution in [2.75, 3.05) is 62.0 Å². The van der Waals surface area contributed by atoms with Crippen molar-refractivity contribution in [2.24, 2.45) is 5.73 Å². The van der Waals surface area contributed by atoms with Gasteiger partial charge in [-0.15, -0.1) is 0 Å². The predicted octanol–water partition coefficient (Wildman–Crippen LogP) is 3.00. The summed E-state index contributed by atoms with van der Waals surface area (Å²) in [5.41, 5.74) is 8.90. The van der Waals surface area contributed by atoms with E-state index in [1.165, 1.54) is 5.56 Å². The van der Waals surface area contributed by atoms with Gasteiger partial charge in [-0.3, -0.25) is 9.78 Å². The van der Waals surface area contributed by atoms with Gasteiger partial charge in [-0.25, -0.2) is 0 Å². The maximum absolute atomic E-state index is 12.5. The fourth-order valence-corrected chi connectivity index (χ4v) is 3.81. The maximum Gasteiger partial charge on any atom is 0.251 e. The molecule has 1 amide bonds. The topological polar surface area (TPSA) is 161 Å². The average Bonchev–Trinajstić information content (AvgIpc) is 3.02. The molecular weight excluding hydrogens is 534 g/mol. The molecule has 6 N–H and O–H groups in total. The zero-order valence-electron chi connectivity index (χ0n) is 23.5. The Bertz CT molecular complexity index is 1340. The van der Waals surface area contributed by atoms with Gasteiger partial charge < -0.3 is 36.5 Å². The van der Waals surface area contributed by atoms with Crippen molar-refractivity contribution in [1.82, 2.24) is 25.3 Å². The molecule has 2 aromatic heterocycles. The number of hydrogen-bond acceptors (Lipinski definition) is 11. The largest absolute Gasteiger partial charge is 0.378 e. The second-order valence-corrected chi connectivity index (χ2v) is 9.15. The minimum Gasteiger partial charge on any atom is -0.378 e. The summed E-state index contributed by atoms with van der Waals surface area (Å²) in [4.78, 5) is 30.2. The Morgan fingerprint density at radius 3 is 2.14 bits per heavy atom. The van der Waals surface area contributed by atoms with Crippen LogP contribution in [0.1, 0.15) is 21.5 Å². The standard InChI is InChI=1S/C30H37N9O3/c31-13-18-41-20-21-42-19-17-33-27(40)25-6-8-26(9-7-25)36-30-38-28(34-16-12-23-4-2-1-3-5-23)37-29(39-30)35-22-24-10-14-32-15-11-24/h1-11,14-15H,12-13,16-22,31H2,(H,33,40)(H3,34,35,36,37,38,39). The third kappa shape index (κ3) is 10.7. The molecule has 0 aliphatic carbocycles. The number of nitrogens with zero attached hydrogens (tertiary/aromatic N) is 4. The molecule has 2 aromatic carbocycles. The molecule has 4 rings (SSSR count). The van der Waals surface area contributed by atoms with Crippen LogP contribution in [0.5, 0.6) is 0 Å². The summed E-state index contributed by atoms with van der Waals surface area (Å²) in [6.45, 7) is 3.92. The van der Waals surface area contributed by atoms with E-state index in [-0.39, 0.29) is 5.91 Å². The summed E-state index contributed by atoms with van der Waals surface area (Å²) in [7, 11) is 0. The van der Waals surface area contributed by atoms with Gasteiger partial charge in [0.15, 0.2) is 0 Å². The average molecular weight is 572 g/mol. The van der Waals surface area contributed by atoms with E-state index in [9.17, 15) is 4.79 Å². The number of nitrogens with one attached hydrogen (secondary N) is 4. The number of hydrogen-bond donors (Lipinski definition) is 5. The molecule has 0 bridgehead atoms. The van der Waals surface area contributed by atoms with Crippen molar-refractivity contribution < 1.29 is 14.3 Å². The molecule has 0 unspecified atom stereocenters. The fourth-order valence-electron chi connectivity index (χ4n) is 3.81. The van der Waals surface area contributed by atoms with Crippen molar-refractivity contribution in [3.05, 3.63) is 95.8 Å². The number of rotatable bonds is 18. The lowest BCUT2D eigenvalue weighted by atomic mass is 10.1. The van der Waals surface area contributed by atoms with Crippen LogP contribution < -0.4 is 27.0 Å². The van der Waals surface area contributed by atoms with Crippen LogP contribution in [0.4, 0.5) is 23.5 Å². The van der Waals surface area contributed by atoms with Crippen molar-refractivity contribution in [3.63, 3.8) is 0 Å². The molecule has 0 spiro atoms. The number of aromatic nitrogens is 4. The first-order valence-corrected chi connectivity index (χ1v) is 13.9. The third-order valence-electron chi connectivity index (χ3n) is 5.94. The van der Waals surface area contributed by atoms with Gasteiger partial charge in [-0.1, -0.05) is 30.3 Å². The number of pyridine rings is 1. The van der Waals surface area contributed by atoms with Gasteiger partial charge in [0.05, 0.1) is 26.4 Å². The van der Waals surface area contributed by atoms with Crippen LogP contribution in [0.25, 0.3) is 0 Å². The van der Waals surface area contributed by atoms with E-state index in [0.29, 0.717) is 76.0 Å². The third-order valence-corrected chi connectivity index (χ3v) is 5.94. The molecule has 12 nitrogen and oxygen atoms in total. The van der Waals surface area contributed by atoms with Crippen molar-refractivity contribution in [3.8, 4) is 0 Å². The van der Waals surface area contributed by atoms with Crippen LogP contribution in [0, 0.1) is 0 Å². The van der Waals surface area contributed by atoms with Gasteiger partial charge >= 0.3 is 0 Å². The minimum absolute atomic E-state index is 0.183. The monoisotopic (exact) mass is 571 g/mol. The molecule has 0 aliphatic heterocycles. The smallest absolute Gasteiger partial charge is 0.251 e. The number of ether oxygens (including phenoxy) is 2. The van der Waals surface area contributed by atoms with Crippen LogP contribution in [-0.2, 0) is 22.4 Å². The van der Waals surface area contributed by atoms with Crippen LogP contribution in [0.2, 0.25) is 0 Å². The van der Waals surface area contributed by atoms with E-state index in [1.54, 1.807) is 36.7 Å². The van der Waals surface area contributed by atoms with Gasteiger partial charge in [0.1, 0.15) is 0 Å². The van der Waals surface area contributed by atoms with Crippen molar-refractivity contribution in [1.29, 1.82) is 0 Å². The van der Waals surface area contributed by atoms with E-state index in [2.05, 4.69) is 53.3 Å². The number of benzene rings is 2. The van der Waals surface area contributed by atoms with Crippen LogP contribution in [0.15, 0.2) is 79.1 Å². The molecule has 0 aliphatic rings. The summed E-state index contributed by atoms with van der Waals surface area (Å²) in [6.07, 6.45) is 4.31. The quantitative estimate of drug-likeness (QED) is 0.112. The lowest BCUT2D eigenvalue weighted by Crippen LogP contribution is -2.27. The number of anilines is 4. The molecule has 220 valence electrons. The van der Waals surface area contributed by atoms with E-state index < -0.39 is 0 Å². The van der Waals surface area contributed by atoms with Gasteiger partial charge in [-0.05, 0) is 53.9 Å². The van der Waals surface area contributed by atoms with Crippen LogP contribution >= 0.6 is 0 Å². The summed E-state index contributed by atoms with van der Waals surface area (Å²) >= 11 is 0. The highest BCUT2D eigenvalue weighted by atomic mass is 16.5. The van der Waals surface area contributed by atoms with Gasteiger partial charge in [0.2, 0.25) is 17.8 Å². The Labute approximate surface area is 245 Å². The van der Waals surface area contributed by atoms with Crippen molar-refractivity contribution in [2.45, 2.75) is 13.0 Å². The second-order valence-electron chi connectivity index (χ2n) is 9.15. The Morgan fingerprint density at radius 2 is 1.40 bits per heavy atom. The summed E-state index contributed by atoms with van der Waals surface area (Å²) in [5.74, 6) is 1.06. The molecular formula is C30H37N9O3. The van der Waals surface area contributed by atoms with E-state index in [1.807, 2.05) is 30.3 Å². The first-order chi connectivity index (χ1) is 20.7. The fraction of sp³-hybridized carbons (Fsp3) is 0.300. The number of carbonyl (C=O) groups excluding carboxylic acids is 1. The van der Waals surface area contributed by atoms with E-state index in [0.717, 1.165) is 17.7 Å². The first kappa shape index (κ1) is 30.3.